The molecule has 0 saturated heterocycles. The van der Waals surface area contributed by atoms with Crippen molar-refractivity contribution in [3.8, 4) is 0 Å². The Hall–Kier alpha value is -1.81. The fourth-order valence-electron chi connectivity index (χ4n) is 2.20. The van der Waals surface area contributed by atoms with Crippen LogP contribution >= 0.6 is 0 Å². The summed E-state index contributed by atoms with van der Waals surface area (Å²) < 4.78 is 1.99. The summed E-state index contributed by atoms with van der Waals surface area (Å²) in [4.78, 5) is 11.8. The zero-order valence-corrected chi connectivity index (χ0v) is 12.5. The van der Waals surface area contributed by atoms with E-state index in [9.17, 15) is 9.90 Å². The van der Waals surface area contributed by atoms with E-state index < -0.39 is 11.5 Å². The lowest BCUT2D eigenvalue weighted by Crippen LogP contribution is -2.37. The standard InChI is InChI=1S/C16H22N2O2/c1-16(2,3)15(20)17-9-14(19)12-10-18(4)13-8-6-5-7-11(12)13/h5-8,10,14,19H,9H2,1-4H3,(H,17,20). The zero-order chi connectivity index (χ0) is 14.9. The molecule has 4 heteroatoms. The van der Waals surface area contributed by atoms with Gasteiger partial charge in [-0.3, -0.25) is 4.79 Å². The number of aliphatic hydroxyl groups excluding tert-OH is 1. The number of carbonyl (C=O) groups is 1. The maximum Gasteiger partial charge on any atom is 0.225 e. The van der Waals surface area contributed by atoms with Crippen LogP contribution in [-0.2, 0) is 11.8 Å². The third-order valence-electron chi connectivity index (χ3n) is 3.42. The molecule has 0 bridgehead atoms. The monoisotopic (exact) mass is 274 g/mol. The van der Waals surface area contributed by atoms with Crippen molar-refractivity contribution in [3.05, 3.63) is 36.0 Å². The van der Waals surface area contributed by atoms with E-state index in [0.717, 1.165) is 16.5 Å². The Morgan fingerprint density at radius 1 is 1.35 bits per heavy atom. The molecule has 20 heavy (non-hydrogen) atoms. The second-order valence-electron chi connectivity index (χ2n) is 6.19. The van der Waals surface area contributed by atoms with Gasteiger partial charge in [-0.25, -0.2) is 0 Å². The predicted molar refractivity (Wildman–Crippen MR) is 80.3 cm³/mol. The number of carbonyl (C=O) groups excluding carboxylic acids is 1. The number of aromatic nitrogens is 1. The SMILES string of the molecule is Cn1cc(C(O)CNC(=O)C(C)(C)C)c2ccccc21. The van der Waals surface area contributed by atoms with Crippen molar-refractivity contribution in [2.24, 2.45) is 12.5 Å². The Kier molecular flexibility index (Phi) is 3.86. The van der Waals surface area contributed by atoms with E-state index in [4.69, 9.17) is 0 Å². The fraction of sp³-hybridized carbons (Fsp3) is 0.438. The van der Waals surface area contributed by atoms with Gasteiger partial charge < -0.3 is 15.0 Å². The molecular formula is C16H22N2O2. The largest absolute Gasteiger partial charge is 0.386 e. The lowest BCUT2D eigenvalue weighted by atomic mass is 9.95. The van der Waals surface area contributed by atoms with Crippen molar-refractivity contribution in [2.75, 3.05) is 6.54 Å². The molecule has 0 aliphatic rings. The van der Waals surface area contributed by atoms with Gasteiger partial charge in [0.2, 0.25) is 5.91 Å². The minimum Gasteiger partial charge on any atom is -0.386 e. The van der Waals surface area contributed by atoms with Crippen LogP contribution in [0.2, 0.25) is 0 Å². The van der Waals surface area contributed by atoms with Gasteiger partial charge in [0.1, 0.15) is 0 Å². The molecule has 108 valence electrons. The van der Waals surface area contributed by atoms with E-state index >= 15 is 0 Å². The van der Waals surface area contributed by atoms with Crippen LogP contribution in [0.4, 0.5) is 0 Å². The predicted octanol–water partition coefficient (Wildman–Crippen LogP) is 2.37. The second kappa shape index (κ2) is 5.29. The number of rotatable bonds is 3. The van der Waals surface area contributed by atoms with Crippen LogP contribution in [0.5, 0.6) is 0 Å². The third-order valence-corrected chi connectivity index (χ3v) is 3.42. The summed E-state index contributed by atoms with van der Waals surface area (Å²) in [7, 11) is 1.95. The summed E-state index contributed by atoms with van der Waals surface area (Å²) in [6, 6.07) is 7.92. The molecule has 1 atom stereocenters. The van der Waals surface area contributed by atoms with Gasteiger partial charge in [-0.1, -0.05) is 39.0 Å². The van der Waals surface area contributed by atoms with E-state index in [1.807, 2.05) is 62.8 Å². The molecule has 1 aromatic heterocycles. The van der Waals surface area contributed by atoms with Crippen LogP contribution in [-0.4, -0.2) is 22.1 Å². The van der Waals surface area contributed by atoms with Gasteiger partial charge in [-0.2, -0.15) is 0 Å². The van der Waals surface area contributed by atoms with Gasteiger partial charge in [0.15, 0.2) is 0 Å². The number of benzene rings is 1. The minimum atomic E-state index is -0.701. The number of nitrogens with zero attached hydrogens (tertiary/aromatic N) is 1. The maximum atomic E-state index is 11.8. The number of nitrogens with one attached hydrogen (secondary N) is 1. The summed E-state index contributed by atoms with van der Waals surface area (Å²) in [6.45, 7) is 5.79. The Morgan fingerprint density at radius 2 is 2.00 bits per heavy atom. The first-order valence-electron chi connectivity index (χ1n) is 6.81. The van der Waals surface area contributed by atoms with E-state index in [0.29, 0.717) is 0 Å². The highest BCUT2D eigenvalue weighted by atomic mass is 16.3. The van der Waals surface area contributed by atoms with Crippen molar-refractivity contribution in [3.63, 3.8) is 0 Å². The lowest BCUT2D eigenvalue weighted by Gasteiger charge is -2.19. The summed E-state index contributed by atoms with van der Waals surface area (Å²) in [6.07, 6.45) is 1.21. The van der Waals surface area contributed by atoms with Crippen molar-refractivity contribution >= 4 is 16.8 Å². The van der Waals surface area contributed by atoms with E-state index in [-0.39, 0.29) is 12.5 Å². The molecule has 0 fully saturated rings. The molecular weight excluding hydrogens is 252 g/mol. The smallest absolute Gasteiger partial charge is 0.225 e. The molecule has 2 aromatic rings. The summed E-state index contributed by atoms with van der Waals surface area (Å²) in [5.74, 6) is -0.0585. The quantitative estimate of drug-likeness (QED) is 0.903. The van der Waals surface area contributed by atoms with Gasteiger partial charge in [0.05, 0.1) is 6.10 Å². The first-order valence-corrected chi connectivity index (χ1v) is 6.81. The highest BCUT2D eigenvalue weighted by Gasteiger charge is 2.22. The highest BCUT2D eigenvalue weighted by molar-refractivity contribution is 5.84. The van der Waals surface area contributed by atoms with Crippen LogP contribution in [0.1, 0.15) is 32.4 Å². The number of para-hydroxylation sites is 1. The molecule has 2 N–H and O–H groups in total. The average Bonchev–Trinajstić information content (AvgIpc) is 2.72. The minimum absolute atomic E-state index is 0.0585. The molecule has 4 nitrogen and oxygen atoms in total. The molecule has 0 radical (unpaired) electrons. The molecule has 0 aliphatic heterocycles. The van der Waals surface area contributed by atoms with Gasteiger partial charge in [-0.15, -0.1) is 0 Å². The van der Waals surface area contributed by atoms with Gasteiger partial charge >= 0.3 is 0 Å². The molecule has 1 heterocycles. The first kappa shape index (κ1) is 14.6. The van der Waals surface area contributed by atoms with Crippen molar-refractivity contribution in [1.29, 1.82) is 0 Å². The Balaban J connectivity index is 2.16. The zero-order valence-electron chi connectivity index (χ0n) is 12.5. The molecule has 0 saturated carbocycles. The van der Waals surface area contributed by atoms with E-state index in [1.54, 1.807) is 0 Å². The van der Waals surface area contributed by atoms with Crippen LogP contribution in [0, 0.1) is 5.41 Å². The number of hydrogen-bond donors (Lipinski definition) is 2. The number of aliphatic hydroxyl groups is 1. The van der Waals surface area contributed by atoms with E-state index in [2.05, 4.69) is 5.32 Å². The second-order valence-corrected chi connectivity index (χ2v) is 6.19. The van der Waals surface area contributed by atoms with E-state index in [1.165, 1.54) is 0 Å². The van der Waals surface area contributed by atoms with Crippen LogP contribution in [0.25, 0.3) is 10.9 Å². The third kappa shape index (κ3) is 2.85. The Morgan fingerprint density at radius 3 is 2.65 bits per heavy atom. The van der Waals surface area contributed by atoms with Crippen molar-refractivity contribution < 1.29 is 9.90 Å². The molecule has 1 unspecified atom stereocenters. The molecule has 2 rings (SSSR count). The Labute approximate surface area is 119 Å². The van der Waals surface area contributed by atoms with Crippen LogP contribution in [0.15, 0.2) is 30.5 Å². The summed E-state index contributed by atoms with van der Waals surface area (Å²) in [5, 5.41) is 14.1. The van der Waals surface area contributed by atoms with Crippen LogP contribution < -0.4 is 5.32 Å². The fourth-order valence-corrected chi connectivity index (χ4v) is 2.20. The van der Waals surface area contributed by atoms with Crippen LogP contribution in [0.3, 0.4) is 0 Å². The Bertz CT molecular complexity index is 623. The molecule has 0 aliphatic carbocycles. The van der Waals surface area contributed by atoms with Crippen molar-refractivity contribution in [2.45, 2.75) is 26.9 Å². The average molecular weight is 274 g/mol. The first-order chi connectivity index (χ1) is 9.30. The summed E-state index contributed by atoms with van der Waals surface area (Å²) in [5.41, 5.74) is 1.47. The van der Waals surface area contributed by atoms with Gasteiger partial charge in [-0.05, 0) is 6.07 Å². The number of fused-ring (bicyclic) bond motifs is 1. The normalized spacial score (nSPS) is 13.4. The summed E-state index contributed by atoms with van der Waals surface area (Å²) >= 11 is 0. The maximum absolute atomic E-state index is 11.8. The highest BCUT2D eigenvalue weighted by Crippen LogP contribution is 2.25. The molecule has 1 aromatic carbocycles. The van der Waals surface area contributed by atoms with Crippen molar-refractivity contribution in [1.82, 2.24) is 9.88 Å². The topological polar surface area (TPSA) is 54.3 Å². The lowest BCUT2D eigenvalue weighted by molar-refractivity contribution is -0.128. The molecule has 1 amide bonds. The number of hydrogen-bond acceptors (Lipinski definition) is 2. The molecule has 0 spiro atoms. The van der Waals surface area contributed by atoms with Gasteiger partial charge in [0, 0.05) is 41.7 Å². The van der Waals surface area contributed by atoms with Gasteiger partial charge in [0.25, 0.3) is 0 Å². The number of amides is 1. The number of aryl methyl sites for hydroxylation is 1.